The molecular formula is C6H13O3P. The van der Waals surface area contributed by atoms with E-state index < -0.39 is 13.2 Å². The van der Waals surface area contributed by atoms with E-state index in [-0.39, 0.29) is 6.10 Å². The summed E-state index contributed by atoms with van der Waals surface area (Å²) in [6.07, 6.45) is -0.0802. The van der Waals surface area contributed by atoms with E-state index in [9.17, 15) is 4.57 Å². The van der Waals surface area contributed by atoms with E-state index in [4.69, 9.17) is 9.05 Å². The van der Waals surface area contributed by atoms with Gasteiger partial charge < -0.3 is 4.52 Å². The van der Waals surface area contributed by atoms with Crippen LogP contribution in [0.1, 0.15) is 20.8 Å². The molecule has 0 spiro atoms. The molecule has 0 saturated carbocycles. The van der Waals surface area contributed by atoms with Crippen molar-refractivity contribution >= 4 is 7.60 Å². The fourth-order valence-corrected chi connectivity index (χ4v) is 2.81. The normalized spacial score (nSPS) is 45.8. The van der Waals surface area contributed by atoms with E-state index in [2.05, 4.69) is 0 Å². The van der Waals surface area contributed by atoms with Crippen LogP contribution < -0.4 is 0 Å². The molecule has 0 radical (unpaired) electrons. The summed E-state index contributed by atoms with van der Waals surface area (Å²) in [6.45, 7) is 7.11. The van der Waals surface area contributed by atoms with Gasteiger partial charge in [-0.15, -0.1) is 0 Å². The number of rotatable bonds is 0. The molecule has 1 saturated heterocycles. The van der Waals surface area contributed by atoms with Crippen molar-refractivity contribution in [1.82, 2.24) is 0 Å². The van der Waals surface area contributed by atoms with Crippen LogP contribution in [0.15, 0.2) is 0 Å². The maximum atomic E-state index is 11.2. The monoisotopic (exact) mass is 164 g/mol. The van der Waals surface area contributed by atoms with Gasteiger partial charge in [0.2, 0.25) is 0 Å². The van der Waals surface area contributed by atoms with Crippen LogP contribution in [0.5, 0.6) is 0 Å². The number of hydrogen-bond donors (Lipinski definition) is 0. The van der Waals surface area contributed by atoms with E-state index in [1.54, 1.807) is 0 Å². The van der Waals surface area contributed by atoms with E-state index in [0.717, 1.165) is 0 Å². The first-order valence-corrected chi connectivity index (χ1v) is 5.29. The Morgan fingerprint density at radius 1 is 1.50 bits per heavy atom. The summed E-state index contributed by atoms with van der Waals surface area (Å²) in [5.74, 6) is 0. The molecule has 2 atom stereocenters. The summed E-state index contributed by atoms with van der Waals surface area (Å²) in [4.78, 5) is 0. The minimum atomic E-state index is -2.72. The highest BCUT2D eigenvalue weighted by Crippen LogP contribution is 2.56. The topological polar surface area (TPSA) is 35.5 Å². The van der Waals surface area contributed by atoms with E-state index in [0.29, 0.717) is 0 Å². The van der Waals surface area contributed by atoms with E-state index >= 15 is 0 Å². The SMILES string of the molecule is CC1OP(C)(=O)OC1(C)C. The molecule has 3 nitrogen and oxygen atoms in total. The van der Waals surface area contributed by atoms with E-state index in [1.807, 2.05) is 20.8 Å². The van der Waals surface area contributed by atoms with Crippen molar-refractivity contribution in [2.75, 3.05) is 6.66 Å². The second kappa shape index (κ2) is 2.07. The molecule has 1 aliphatic heterocycles. The van der Waals surface area contributed by atoms with Crippen LogP contribution >= 0.6 is 7.60 Å². The first-order valence-electron chi connectivity index (χ1n) is 3.30. The van der Waals surface area contributed by atoms with Crippen LogP contribution in [-0.2, 0) is 13.6 Å². The third-order valence-electron chi connectivity index (χ3n) is 1.73. The molecule has 0 aromatic rings. The molecule has 4 heteroatoms. The average molecular weight is 164 g/mol. The quantitative estimate of drug-likeness (QED) is 0.514. The zero-order chi connectivity index (χ0) is 7.99. The summed E-state index contributed by atoms with van der Waals surface area (Å²) >= 11 is 0. The summed E-state index contributed by atoms with van der Waals surface area (Å²) in [7, 11) is -2.72. The van der Waals surface area contributed by atoms with Crippen molar-refractivity contribution in [2.24, 2.45) is 0 Å². The van der Waals surface area contributed by atoms with Crippen LogP contribution in [0, 0.1) is 0 Å². The Hall–Kier alpha value is 0.150. The van der Waals surface area contributed by atoms with Crippen LogP contribution in [0.2, 0.25) is 0 Å². The Morgan fingerprint density at radius 3 is 2.10 bits per heavy atom. The molecule has 0 aromatic heterocycles. The van der Waals surface area contributed by atoms with Gasteiger partial charge in [0.1, 0.15) is 0 Å². The highest BCUT2D eigenvalue weighted by atomic mass is 31.2. The van der Waals surface area contributed by atoms with Crippen LogP contribution in [0.3, 0.4) is 0 Å². The van der Waals surface area contributed by atoms with Gasteiger partial charge in [0.05, 0.1) is 11.7 Å². The van der Waals surface area contributed by atoms with Gasteiger partial charge in [0.15, 0.2) is 0 Å². The first kappa shape index (κ1) is 8.25. The molecule has 0 N–H and O–H groups in total. The molecule has 0 aliphatic carbocycles. The van der Waals surface area contributed by atoms with Crippen LogP contribution in [0.4, 0.5) is 0 Å². The third-order valence-corrected chi connectivity index (χ3v) is 3.23. The minimum Gasteiger partial charge on any atom is -0.303 e. The summed E-state index contributed by atoms with van der Waals surface area (Å²) in [6, 6.07) is 0. The Morgan fingerprint density at radius 2 is 2.00 bits per heavy atom. The molecule has 1 aliphatic rings. The fourth-order valence-electron chi connectivity index (χ4n) is 0.937. The van der Waals surface area contributed by atoms with Gasteiger partial charge in [-0.05, 0) is 20.8 Å². The minimum absolute atomic E-state index is 0.0802. The van der Waals surface area contributed by atoms with Crippen molar-refractivity contribution < 1.29 is 13.6 Å². The van der Waals surface area contributed by atoms with Crippen molar-refractivity contribution in [2.45, 2.75) is 32.5 Å². The maximum Gasteiger partial charge on any atom is 0.328 e. The van der Waals surface area contributed by atoms with Crippen LogP contribution in [0.25, 0.3) is 0 Å². The van der Waals surface area contributed by atoms with Crippen molar-refractivity contribution in [3.63, 3.8) is 0 Å². The highest BCUT2D eigenvalue weighted by molar-refractivity contribution is 7.53. The van der Waals surface area contributed by atoms with Crippen LogP contribution in [-0.4, -0.2) is 18.4 Å². The summed E-state index contributed by atoms with van der Waals surface area (Å²) < 4.78 is 21.5. The summed E-state index contributed by atoms with van der Waals surface area (Å²) in [5.41, 5.74) is -0.399. The Kier molecular flexibility index (Phi) is 1.70. The summed E-state index contributed by atoms with van der Waals surface area (Å²) in [5, 5.41) is 0. The van der Waals surface area contributed by atoms with Gasteiger partial charge in [-0.2, -0.15) is 0 Å². The van der Waals surface area contributed by atoms with Gasteiger partial charge in [0, 0.05) is 6.66 Å². The molecule has 1 heterocycles. The maximum absolute atomic E-state index is 11.2. The zero-order valence-electron chi connectivity index (χ0n) is 6.75. The Bertz CT molecular complexity index is 187. The molecule has 0 amide bonds. The standard InChI is InChI=1S/C6H13O3P/c1-5-6(2,3)9-10(4,7)8-5/h5H,1-4H3. The number of hydrogen-bond acceptors (Lipinski definition) is 3. The smallest absolute Gasteiger partial charge is 0.303 e. The Balaban J connectivity index is 2.81. The van der Waals surface area contributed by atoms with Crippen molar-refractivity contribution in [3.8, 4) is 0 Å². The molecule has 2 unspecified atom stereocenters. The van der Waals surface area contributed by atoms with E-state index in [1.165, 1.54) is 6.66 Å². The Labute approximate surface area is 61.2 Å². The molecule has 0 aromatic carbocycles. The average Bonchev–Trinajstić information content (AvgIpc) is 1.73. The third kappa shape index (κ3) is 1.42. The van der Waals surface area contributed by atoms with Gasteiger partial charge in [-0.25, -0.2) is 0 Å². The lowest BCUT2D eigenvalue weighted by atomic mass is 10.0. The second-order valence-corrected chi connectivity index (χ2v) is 5.15. The lowest BCUT2D eigenvalue weighted by molar-refractivity contribution is 0.0846. The van der Waals surface area contributed by atoms with Gasteiger partial charge >= 0.3 is 7.60 Å². The molecule has 1 rings (SSSR count). The fraction of sp³-hybridized carbons (Fsp3) is 1.00. The van der Waals surface area contributed by atoms with Gasteiger partial charge in [-0.1, -0.05) is 0 Å². The van der Waals surface area contributed by atoms with Crippen molar-refractivity contribution in [1.29, 1.82) is 0 Å². The largest absolute Gasteiger partial charge is 0.328 e. The van der Waals surface area contributed by atoms with Crippen molar-refractivity contribution in [3.05, 3.63) is 0 Å². The molecule has 60 valence electrons. The highest BCUT2D eigenvalue weighted by Gasteiger charge is 2.44. The lowest BCUT2D eigenvalue weighted by Gasteiger charge is -2.18. The lowest BCUT2D eigenvalue weighted by Crippen LogP contribution is -2.29. The molecular weight excluding hydrogens is 151 g/mol. The predicted molar refractivity (Wildman–Crippen MR) is 39.2 cm³/mol. The molecule has 10 heavy (non-hydrogen) atoms. The second-order valence-electron chi connectivity index (χ2n) is 3.21. The zero-order valence-corrected chi connectivity index (χ0v) is 7.64. The molecule has 0 bridgehead atoms. The van der Waals surface area contributed by atoms with Gasteiger partial charge in [-0.3, -0.25) is 9.09 Å². The molecule has 1 fully saturated rings. The predicted octanol–water partition coefficient (Wildman–Crippen LogP) is 2.02. The van der Waals surface area contributed by atoms with Gasteiger partial charge in [0.25, 0.3) is 0 Å². The first-order chi connectivity index (χ1) is 4.33.